The third-order valence-electron chi connectivity index (χ3n) is 5.83. The van der Waals surface area contributed by atoms with Crippen molar-refractivity contribution in [2.75, 3.05) is 19.6 Å². The molecule has 1 aromatic carbocycles. The minimum absolute atomic E-state index is 0.0337. The van der Waals surface area contributed by atoms with Crippen molar-refractivity contribution < 1.29 is 14.0 Å². The summed E-state index contributed by atoms with van der Waals surface area (Å²) in [4.78, 5) is 27.4. The summed E-state index contributed by atoms with van der Waals surface area (Å²) in [7, 11) is 0. The average Bonchev–Trinajstić information content (AvgIpc) is 3.35. The first kappa shape index (κ1) is 19.6. The van der Waals surface area contributed by atoms with Crippen LogP contribution in [0.1, 0.15) is 54.4 Å². The van der Waals surface area contributed by atoms with Crippen LogP contribution in [0.15, 0.2) is 24.3 Å². The molecule has 0 spiro atoms. The maximum Gasteiger partial charge on any atom is 0.274 e. The molecule has 6 nitrogen and oxygen atoms in total. The van der Waals surface area contributed by atoms with Gasteiger partial charge in [-0.15, -0.1) is 0 Å². The second-order valence-corrected chi connectivity index (χ2v) is 7.90. The van der Waals surface area contributed by atoms with E-state index in [4.69, 9.17) is 0 Å². The molecule has 1 fully saturated rings. The van der Waals surface area contributed by atoms with E-state index in [1.165, 1.54) is 12.1 Å². The second-order valence-electron chi connectivity index (χ2n) is 7.90. The summed E-state index contributed by atoms with van der Waals surface area (Å²) in [6, 6.07) is 6.18. The van der Waals surface area contributed by atoms with Crippen LogP contribution >= 0.6 is 0 Å². The lowest BCUT2D eigenvalue weighted by molar-refractivity contribution is -0.126. The van der Waals surface area contributed by atoms with Crippen molar-refractivity contribution >= 4 is 11.8 Å². The van der Waals surface area contributed by atoms with Crippen LogP contribution in [0, 0.1) is 11.7 Å². The zero-order valence-electron chi connectivity index (χ0n) is 16.8. The molecule has 1 N–H and O–H groups in total. The van der Waals surface area contributed by atoms with E-state index >= 15 is 0 Å². The standard InChI is InChI=1S/C22H27FN4O2/c1-2-12-24-21(28)15-5-4-13-26(14-15)22(29)20-18-6-3-7-19(18)27(25-20)17-10-8-16(23)9-11-17/h8-11,15H,2-7,12-14H2,1H3,(H,24,28). The Labute approximate surface area is 170 Å². The van der Waals surface area contributed by atoms with Crippen molar-refractivity contribution in [1.29, 1.82) is 0 Å². The van der Waals surface area contributed by atoms with Gasteiger partial charge < -0.3 is 10.2 Å². The lowest BCUT2D eigenvalue weighted by Gasteiger charge is -2.31. The van der Waals surface area contributed by atoms with Gasteiger partial charge in [0, 0.05) is 30.9 Å². The molecule has 1 unspecified atom stereocenters. The number of nitrogens with zero attached hydrogens (tertiary/aromatic N) is 3. The molecule has 1 aliphatic carbocycles. The lowest BCUT2D eigenvalue weighted by Crippen LogP contribution is -2.45. The first-order chi connectivity index (χ1) is 14.1. The molecule has 2 aromatic rings. The third kappa shape index (κ3) is 3.91. The van der Waals surface area contributed by atoms with Crippen molar-refractivity contribution in [2.24, 2.45) is 5.92 Å². The van der Waals surface area contributed by atoms with Crippen LogP contribution in [-0.2, 0) is 17.6 Å². The molecule has 2 heterocycles. The molecule has 4 rings (SSSR count). The van der Waals surface area contributed by atoms with E-state index in [1.54, 1.807) is 21.7 Å². The Morgan fingerprint density at radius 1 is 1.21 bits per heavy atom. The number of carbonyl (C=O) groups is 2. The fourth-order valence-electron chi connectivity index (χ4n) is 4.32. The summed E-state index contributed by atoms with van der Waals surface area (Å²) < 4.78 is 15.1. The zero-order chi connectivity index (χ0) is 20.4. The summed E-state index contributed by atoms with van der Waals surface area (Å²) in [5.74, 6) is -0.524. The number of rotatable bonds is 5. The Balaban J connectivity index is 1.57. The number of benzene rings is 1. The molecule has 1 atom stereocenters. The first-order valence-electron chi connectivity index (χ1n) is 10.5. The highest BCUT2D eigenvalue weighted by atomic mass is 19.1. The predicted molar refractivity (Wildman–Crippen MR) is 107 cm³/mol. The summed E-state index contributed by atoms with van der Waals surface area (Å²) in [6.45, 7) is 3.77. The molecule has 0 radical (unpaired) electrons. The number of amides is 2. The van der Waals surface area contributed by atoms with Gasteiger partial charge in [0.25, 0.3) is 5.91 Å². The molecule has 7 heteroatoms. The van der Waals surface area contributed by atoms with Crippen molar-refractivity contribution in [1.82, 2.24) is 20.0 Å². The molecule has 2 aliphatic rings. The highest BCUT2D eigenvalue weighted by molar-refractivity contribution is 5.95. The molecule has 1 aromatic heterocycles. The molecule has 2 amide bonds. The van der Waals surface area contributed by atoms with E-state index in [9.17, 15) is 14.0 Å². The molecule has 154 valence electrons. The van der Waals surface area contributed by atoms with Gasteiger partial charge in [0.2, 0.25) is 5.91 Å². The number of hydrogen-bond donors (Lipinski definition) is 1. The number of hydrogen-bond acceptors (Lipinski definition) is 3. The van der Waals surface area contributed by atoms with Gasteiger partial charge >= 0.3 is 0 Å². The van der Waals surface area contributed by atoms with Crippen molar-refractivity contribution in [3.8, 4) is 5.69 Å². The number of halogens is 1. The number of carbonyl (C=O) groups excluding carboxylic acids is 2. The predicted octanol–water partition coefficient (Wildman–Crippen LogP) is 2.88. The van der Waals surface area contributed by atoms with E-state index in [-0.39, 0.29) is 23.5 Å². The SMILES string of the molecule is CCCNC(=O)C1CCCN(C(=O)c2nn(-c3ccc(F)cc3)c3c2CCC3)C1. The van der Waals surface area contributed by atoms with Crippen LogP contribution in [0.2, 0.25) is 0 Å². The van der Waals surface area contributed by atoms with E-state index in [0.29, 0.717) is 25.3 Å². The van der Waals surface area contributed by atoms with Crippen molar-refractivity contribution in [3.05, 3.63) is 47.0 Å². The molecular formula is C22H27FN4O2. The average molecular weight is 398 g/mol. The van der Waals surface area contributed by atoms with Crippen LogP contribution in [-0.4, -0.2) is 46.1 Å². The quantitative estimate of drug-likeness (QED) is 0.842. The molecule has 1 saturated heterocycles. The summed E-state index contributed by atoms with van der Waals surface area (Å²) in [5.41, 5.74) is 3.28. The molecule has 0 bridgehead atoms. The Bertz CT molecular complexity index is 906. The smallest absolute Gasteiger partial charge is 0.274 e. The van der Waals surface area contributed by atoms with Crippen LogP contribution in [0.4, 0.5) is 4.39 Å². The van der Waals surface area contributed by atoms with Gasteiger partial charge in [-0.05, 0) is 62.8 Å². The van der Waals surface area contributed by atoms with Gasteiger partial charge in [-0.1, -0.05) is 6.92 Å². The van der Waals surface area contributed by atoms with E-state index in [0.717, 1.165) is 55.5 Å². The molecular weight excluding hydrogens is 371 g/mol. The highest BCUT2D eigenvalue weighted by Crippen LogP contribution is 2.29. The molecule has 1 aliphatic heterocycles. The van der Waals surface area contributed by atoms with Gasteiger partial charge in [0.1, 0.15) is 5.82 Å². The summed E-state index contributed by atoms with van der Waals surface area (Å²) >= 11 is 0. The van der Waals surface area contributed by atoms with Crippen molar-refractivity contribution in [3.63, 3.8) is 0 Å². The van der Waals surface area contributed by atoms with Crippen LogP contribution < -0.4 is 5.32 Å². The third-order valence-corrected chi connectivity index (χ3v) is 5.83. The van der Waals surface area contributed by atoms with E-state index in [2.05, 4.69) is 10.4 Å². The van der Waals surface area contributed by atoms with Gasteiger partial charge in [-0.3, -0.25) is 9.59 Å². The summed E-state index contributed by atoms with van der Waals surface area (Å²) in [5, 5.41) is 7.57. The number of piperidine rings is 1. The van der Waals surface area contributed by atoms with E-state index < -0.39 is 0 Å². The Hall–Kier alpha value is -2.70. The van der Waals surface area contributed by atoms with Gasteiger partial charge in [-0.25, -0.2) is 9.07 Å². The first-order valence-corrected chi connectivity index (χ1v) is 10.5. The molecule has 29 heavy (non-hydrogen) atoms. The summed E-state index contributed by atoms with van der Waals surface area (Å²) in [6.07, 6.45) is 5.18. The van der Waals surface area contributed by atoms with Gasteiger partial charge in [0.05, 0.1) is 11.6 Å². The number of nitrogens with one attached hydrogen (secondary N) is 1. The number of fused-ring (bicyclic) bond motifs is 1. The number of aromatic nitrogens is 2. The van der Waals surface area contributed by atoms with Crippen molar-refractivity contribution in [2.45, 2.75) is 45.4 Å². The normalized spacial score (nSPS) is 18.6. The minimum atomic E-state index is -0.297. The minimum Gasteiger partial charge on any atom is -0.356 e. The monoisotopic (exact) mass is 398 g/mol. The maximum absolute atomic E-state index is 13.3. The van der Waals surface area contributed by atoms with Gasteiger partial charge in [-0.2, -0.15) is 5.10 Å². The van der Waals surface area contributed by atoms with Crippen LogP contribution in [0.5, 0.6) is 0 Å². The van der Waals surface area contributed by atoms with Crippen LogP contribution in [0.25, 0.3) is 5.69 Å². The highest BCUT2D eigenvalue weighted by Gasteiger charge is 2.33. The fourth-order valence-corrected chi connectivity index (χ4v) is 4.32. The maximum atomic E-state index is 13.3. The van der Waals surface area contributed by atoms with E-state index in [1.807, 2.05) is 6.92 Å². The fraction of sp³-hybridized carbons (Fsp3) is 0.500. The molecule has 0 saturated carbocycles. The topological polar surface area (TPSA) is 67.2 Å². The zero-order valence-corrected chi connectivity index (χ0v) is 16.8. The Kier molecular flexibility index (Phi) is 5.65. The lowest BCUT2D eigenvalue weighted by atomic mass is 9.96. The Morgan fingerprint density at radius 3 is 2.76 bits per heavy atom. The largest absolute Gasteiger partial charge is 0.356 e. The Morgan fingerprint density at radius 2 is 2.00 bits per heavy atom. The second kappa shape index (κ2) is 8.35. The van der Waals surface area contributed by atoms with Gasteiger partial charge in [0.15, 0.2) is 5.69 Å². The number of likely N-dealkylation sites (tertiary alicyclic amines) is 1. The van der Waals surface area contributed by atoms with Crippen LogP contribution in [0.3, 0.4) is 0 Å².